The summed E-state index contributed by atoms with van der Waals surface area (Å²) in [4.78, 5) is 0. The molecule has 20 heavy (non-hydrogen) atoms. The highest BCUT2D eigenvalue weighted by Crippen LogP contribution is 2.28. The van der Waals surface area contributed by atoms with E-state index in [1.165, 1.54) is 37.1 Å². The van der Waals surface area contributed by atoms with Gasteiger partial charge in [0.25, 0.3) is 0 Å². The third-order valence-corrected chi connectivity index (χ3v) is 4.09. The van der Waals surface area contributed by atoms with Crippen molar-refractivity contribution in [1.82, 2.24) is 5.32 Å². The van der Waals surface area contributed by atoms with Crippen molar-refractivity contribution in [2.75, 3.05) is 18.8 Å². The zero-order valence-corrected chi connectivity index (χ0v) is 13.1. The maximum atomic E-state index is 5.93. The first-order valence-corrected chi connectivity index (χ1v) is 7.74. The number of benzene rings is 1. The summed E-state index contributed by atoms with van der Waals surface area (Å²) < 4.78 is 0. The van der Waals surface area contributed by atoms with Crippen LogP contribution in [0.1, 0.15) is 51.2 Å². The van der Waals surface area contributed by atoms with E-state index in [9.17, 15) is 0 Å². The van der Waals surface area contributed by atoms with Crippen molar-refractivity contribution in [2.45, 2.75) is 45.4 Å². The molecule has 3 N–H and O–H groups in total. The predicted molar refractivity (Wildman–Crippen MR) is 88.8 cm³/mol. The number of hydrogen-bond donors (Lipinski definition) is 2. The van der Waals surface area contributed by atoms with Gasteiger partial charge in [-0.1, -0.05) is 39.0 Å². The molecule has 2 heteroatoms. The van der Waals surface area contributed by atoms with Gasteiger partial charge in [-0.2, -0.15) is 0 Å². The second-order valence-electron chi connectivity index (χ2n) is 6.94. The van der Waals surface area contributed by atoms with Gasteiger partial charge in [-0.05, 0) is 66.9 Å². The molecule has 1 aromatic rings. The quantitative estimate of drug-likeness (QED) is 0.814. The van der Waals surface area contributed by atoms with Crippen molar-refractivity contribution in [1.29, 1.82) is 0 Å². The van der Waals surface area contributed by atoms with Crippen LogP contribution in [0.3, 0.4) is 0 Å². The molecule has 1 saturated heterocycles. The highest BCUT2D eigenvalue weighted by atomic mass is 14.9. The molecule has 1 unspecified atom stereocenters. The fourth-order valence-electron chi connectivity index (χ4n) is 2.91. The highest BCUT2D eigenvalue weighted by Gasteiger charge is 2.17. The summed E-state index contributed by atoms with van der Waals surface area (Å²) in [5, 5.41) is 3.43. The number of allylic oxidation sites excluding steroid dienone is 1. The summed E-state index contributed by atoms with van der Waals surface area (Å²) in [5.41, 5.74) is 9.56. The van der Waals surface area contributed by atoms with Gasteiger partial charge < -0.3 is 11.1 Å². The zero-order chi connectivity index (χ0) is 14.6. The average molecular weight is 272 g/mol. The van der Waals surface area contributed by atoms with Crippen LogP contribution in [-0.2, 0) is 5.41 Å². The molecule has 0 aromatic heterocycles. The summed E-state index contributed by atoms with van der Waals surface area (Å²) in [6, 6.07) is 6.26. The van der Waals surface area contributed by atoms with Crippen molar-refractivity contribution in [3.05, 3.63) is 35.4 Å². The minimum Gasteiger partial charge on any atom is -0.399 e. The van der Waals surface area contributed by atoms with Gasteiger partial charge in [0.15, 0.2) is 0 Å². The molecule has 1 aromatic carbocycles. The topological polar surface area (TPSA) is 38.0 Å². The molecular formula is C18H28N2. The van der Waals surface area contributed by atoms with Gasteiger partial charge in [-0.15, -0.1) is 0 Å². The number of hydrogen-bond acceptors (Lipinski definition) is 2. The van der Waals surface area contributed by atoms with Gasteiger partial charge in [-0.25, -0.2) is 0 Å². The van der Waals surface area contributed by atoms with Crippen molar-refractivity contribution in [3.8, 4) is 0 Å². The van der Waals surface area contributed by atoms with Crippen LogP contribution in [0, 0.1) is 5.92 Å². The van der Waals surface area contributed by atoms with Gasteiger partial charge >= 0.3 is 0 Å². The fraction of sp³-hybridized carbons (Fsp3) is 0.556. The molecule has 1 aliphatic rings. The first-order valence-electron chi connectivity index (χ1n) is 7.74. The van der Waals surface area contributed by atoms with Crippen molar-refractivity contribution in [3.63, 3.8) is 0 Å². The summed E-state index contributed by atoms with van der Waals surface area (Å²) >= 11 is 0. The molecule has 0 aliphatic carbocycles. The van der Waals surface area contributed by atoms with E-state index >= 15 is 0 Å². The molecule has 2 nitrogen and oxygen atoms in total. The lowest BCUT2D eigenvalue weighted by Crippen LogP contribution is -2.13. The average Bonchev–Trinajstić information content (AvgIpc) is 2.86. The van der Waals surface area contributed by atoms with Gasteiger partial charge in [0.1, 0.15) is 0 Å². The molecule has 110 valence electrons. The molecule has 2 rings (SSSR count). The number of anilines is 1. The normalized spacial score (nSPS) is 19.9. The lowest BCUT2D eigenvalue weighted by atomic mass is 9.83. The van der Waals surface area contributed by atoms with Gasteiger partial charge in [0, 0.05) is 5.69 Å². The second kappa shape index (κ2) is 6.45. The van der Waals surface area contributed by atoms with Crippen LogP contribution in [0.4, 0.5) is 5.69 Å². The lowest BCUT2D eigenvalue weighted by molar-refractivity contribution is 0.539. The summed E-state index contributed by atoms with van der Waals surface area (Å²) in [6.07, 6.45) is 8.34. The Balaban J connectivity index is 2.01. The zero-order valence-electron chi connectivity index (χ0n) is 13.1. The fourth-order valence-corrected chi connectivity index (χ4v) is 2.91. The van der Waals surface area contributed by atoms with E-state index in [1.54, 1.807) is 0 Å². The maximum absolute atomic E-state index is 5.93. The van der Waals surface area contributed by atoms with Crippen LogP contribution in [0.2, 0.25) is 0 Å². The van der Waals surface area contributed by atoms with E-state index in [0.29, 0.717) is 0 Å². The van der Waals surface area contributed by atoms with E-state index in [1.807, 2.05) is 6.07 Å². The molecule has 0 radical (unpaired) electrons. The number of nitrogens with two attached hydrogens (primary N) is 1. The molecule has 1 aliphatic heterocycles. The van der Waals surface area contributed by atoms with Crippen molar-refractivity contribution < 1.29 is 0 Å². The Kier molecular flexibility index (Phi) is 4.87. The van der Waals surface area contributed by atoms with Gasteiger partial charge in [0.05, 0.1) is 0 Å². The standard InChI is InChI=1S/C18H28N2/c1-18(2,3)17-9-8-16(19)12-15(17)7-5-4-6-14-10-11-20-13-14/h5,7-9,12,14,20H,4,6,10-11,13,19H2,1-3H3. The Morgan fingerprint density at radius 1 is 1.35 bits per heavy atom. The molecule has 1 heterocycles. The molecule has 1 atom stereocenters. The first-order chi connectivity index (χ1) is 9.47. The van der Waals surface area contributed by atoms with E-state index in [4.69, 9.17) is 5.73 Å². The largest absolute Gasteiger partial charge is 0.399 e. The van der Waals surface area contributed by atoms with Crippen LogP contribution >= 0.6 is 0 Å². The highest BCUT2D eigenvalue weighted by molar-refractivity contribution is 5.61. The second-order valence-corrected chi connectivity index (χ2v) is 6.94. The molecule has 1 fully saturated rings. The maximum Gasteiger partial charge on any atom is 0.0320 e. The molecule has 0 bridgehead atoms. The SMILES string of the molecule is CC(C)(C)c1ccc(N)cc1C=CCCC1CCNC1. The monoisotopic (exact) mass is 272 g/mol. The Morgan fingerprint density at radius 3 is 2.80 bits per heavy atom. The summed E-state index contributed by atoms with van der Waals surface area (Å²) in [6.45, 7) is 9.14. The number of rotatable bonds is 4. The first kappa shape index (κ1) is 15.1. The summed E-state index contributed by atoms with van der Waals surface area (Å²) in [5.74, 6) is 0.863. The van der Waals surface area contributed by atoms with Crippen LogP contribution in [0.15, 0.2) is 24.3 Å². The number of nitrogen functional groups attached to an aromatic ring is 1. The van der Waals surface area contributed by atoms with Crippen LogP contribution in [0.5, 0.6) is 0 Å². The molecule has 0 spiro atoms. The van der Waals surface area contributed by atoms with Gasteiger partial charge in [0.2, 0.25) is 0 Å². The Labute approximate surface area is 123 Å². The minimum atomic E-state index is 0.156. The van der Waals surface area contributed by atoms with E-state index in [0.717, 1.165) is 18.0 Å². The van der Waals surface area contributed by atoms with Crippen LogP contribution < -0.4 is 11.1 Å². The summed E-state index contributed by atoms with van der Waals surface area (Å²) in [7, 11) is 0. The molecular weight excluding hydrogens is 244 g/mol. The van der Waals surface area contributed by atoms with Gasteiger partial charge in [-0.3, -0.25) is 0 Å². The van der Waals surface area contributed by atoms with E-state index in [-0.39, 0.29) is 5.41 Å². The Bertz CT molecular complexity index is 463. The third kappa shape index (κ3) is 4.11. The van der Waals surface area contributed by atoms with Crippen LogP contribution in [0.25, 0.3) is 6.08 Å². The Morgan fingerprint density at radius 2 is 2.15 bits per heavy atom. The van der Waals surface area contributed by atoms with E-state index in [2.05, 4.69) is 50.4 Å². The van der Waals surface area contributed by atoms with E-state index < -0.39 is 0 Å². The van der Waals surface area contributed by atoms with Crippen molar-refractivity contribution >= 4 is 11.8 Å². The number of nitrogens with one attached hydrogen (secondary N) is 1. The molecule has 0 amide bonds. The Hall–Kier alpha value is -1.28. The van der Waals surface area contributed by atoms with Crippen LogP contribution in [-0.4, -0.2) is 13.1 Å². The third-order valence-electron chi connectivity index (χ3n) is 4.09. The lowest BCUT2D eigenvalue weighted by Gasteiger charge is -2.22. The predicted octanol–water partition coefficient (Wildman–Crippen LogP) is 3.97. The molecule has 0 saturated carbocycles. The van der Waals surface area contributed by atoms with Crippen molar-refractivity contribution in [2.24, 2.45) is 5.92 Å². The minimum absolute atomic E-state index is 0.156. The smallest absolute Gasteiger partial charge is 0.0320 e.